The highest BCUT2D eigenvalue weighted by atomic mass is 15.2. The Bertz CT molecular complexity index is 211. The molecular weight excluding hydrogens is 184 g/mol. The number of nitrogens with zero attached hydrogens (tertiary/aromatic N) is 1. The largest absolute Gasteiger partial charge is 0.326 e. The van der Waals surface area contributed by atoms with Gasteiger partial charge in [-0.25, -0.2) is 0 Å². The van der Waals surface area contributed by atoms with Gasteiger partial charge in [0.2, 0.25) is 0 Å². The molecule has 0 aromatic rings. The summed E-state index contributed by atoms with van der Waals surface area (Å²) < 4.78 is 0. The fourth-order valence-electron chi connectivity index (χ4n) is 1.97. The first-order valence-corrected chi connectivity index (χ1v) is 6.46. The van der Waals surface area contributed by atoms with Crippen LogP contribution in [0, 0.1) is 11.3 Å². The molecule has 2 aliphatic carbocycles. The molecule has 0 spiro atoms. The van der Waals surface area contributed by atoms with E-state index < -0.39 is 0 Å². The van der Waals surface area contributed by atoms with Crippen molar-refractivity contribution in [1.82, 2.24) is 4.90 Å². The van der Waals surface area contributed by atoms with E-state index in [0.717, 1.165) is 18.5 Å². The SMILES string of the molecule is CC(C)(C)C(N)CN(CC1CC1)C1CC1. The molecule has 1 unspecified atom stereocenters. The average molecular weight is 210 g/mol. The second-order valence-corrected chi connectivity index (χ2v) is 6.60. The summed E-state index contributed by atoms with van der Waals surface area (Å²) in [5.74, 6) is 0.998. The second-order valence-electron chi connectivity index (χ2n) is 6.60. The van der Waals surface area contributed by atoms with Crippen molar-refractivity contribution in [3.8, 4) is 0 Å². The Labute approximate surface area is 94.2 Å². The van der Waals surface area contributed by atoms with Gasteiger partial charge in [0.25, 0.3) is 0 Å². The van der Waals surface area contributed by atoms with Gasteiger partial charge in [-0.1, -0.05) is 20.8 Å². The predicted molar refractivity (Wildman–Crippen MR) is 64.7 cm³/mol. The molecule has 0 saturated heterocycles. The summed E-state index contributed by atoms with van der Waals surface area (Å²) in [7, 11) is 0. The van der Waals surface area contributed by atoms with Crippen molar-refractivity contribution in [3.63, 3.8) is 0 Å². The zero-order valence-electron chi connectivity index (χ0n) is 10.5. The van der Waals surface area contributed by atoms with Crippen LogP contribution in [0.5, 0.6) is 0 Å². The molecule has 2 aliphatic rings. The van der Waals surface area contributed by atoms with Gasteiger partial charge in [-0.15, -0.1) is 0 Å². The number of nitrogens with two attached hydrogens (primary N) is 1. The number of hydrogen-bond acceptors (Lipinski definition) is 2. The van der Waals surface area contributed by atoms with Crippen LogP contribution in [-0.4, -0.2) is 30.1 Å². The van der Waals surface area contributed by atoms with Gasteiger partial charge in [-0.3, -0.25) is 4.90 Å². The van der Waals surface area contributed by atoms with Crippen LogP contribution in [0.4, 0.5) is 0 Å². The molecule has 0 aromatic heterocycles. The number of hydrogen-bond donors (Lipinski definition) is 1. The third-order valence-electron chi connectivity index (χ3n) is 3.80. The van der Waals surface area contributed by atoms with Crippen molar-refractivity contribution in [1.29, 1.82) is 0 Å². The van der Waals surface area contributed by atoms with Crippen LogP contribution in [0.2, 0.25) is 0 Å². The van der Waals surface area contributed by atoms with Crippen LogP contribution in [0.15, 0.2) is 0 Å². The Morgan fingerprint density at radius 3 is 2.20 bits per heavy atom. The number of rotatable bonds is 5. The van der Waals surface area contributed by atoms with Gasteiger partial charge in [0, 0.05) is 25.2 Å². The molecular formula is C13H26N2. The Morgan fingerprint density at radius 2 is 1.80 bits per heavy atom. The highest BCUT2D eigenvalue weighted by molar-refractivity contribution is 4.91. The Hall–Kier alpha value is -0.0800. The lowest BCUT2D eigenvalue weighted by atomic mass is 9.87. The minimum Gasteiger partial charge on any atom is -0.326 e. The van der Waals surface area contributed by atoms with E-state index in [9.17, 15) is 0 Å². The highest BCUT2D eigenvalue weighted by Crippen LogP contribution is 2.35. The molecule has 2 nitrogen and oxygen atoms in total. The molecule has 2 N–H and O–H groups in total. The zero-order valence-corrected chi connectivity index (χ0v) is 10.5. The standard InChI is InChI=1S/C13H26N2/c1-13(2,3)12(14)9-15(11-6-7-11)8-10-4-5-10/h10-12H,4-9,14H2,1-3H3. The summed E-state index contributed by atoms with van der Waals surface area (Å²) in [6.07, 6.45) is 5.72. The molecule has 1 atom stereocenters. The van der Waals surface area contributed by atoms with Crippen LogP contribution in [0.3, 0.4) is 0 Å². The summed E-state index contributed by atoms with van der Waals surface area (Å²) in [6.45, 7) is 9.17. The van der Waals surface area contributed by atoms with Gasteiger partial charge in [0.1, 0.15) is 0 Å². The van der Waals surface area contributed by atoms with E-state index in [4.69, 9.17) is 5.73 Å². The minimum atomic E-state index is 0.247. The van der Waals surface area contributed by atoms with Gasteiger partial charge in [0.15, 0.2) is 0 Å². The fraction of sp³-hybridized carbons (Fsp3) is 1.00. The molecule has 2 heteroatoms. The van der Waals surface area contributed by atoms with Crippen LogP contribution < -0.4 is 5.73 Å². The molecule has 88 valence electrons. The van der Waals surface area contributed by atoms with Crippen LogP contribution in [0.1, 0.15) is 46.5 Å². The maximum atomic E-state index is 6.27. The summed E-state index contributed by atoms with van der Waals surface area (Å²) in [6, 6.07) is 1.19. The first-order valence-electron chi connectivity index (χ1n) is 6.46. The average Bonchev–Trinajstić information content (AvgIpc) is 2.97. The quantitative estimate of drug-likeness (QED) is 0.754. The van der Waals surface area contributed by atoms with Crippen molar-refractivity contribution in [3.05, 3.63) is 0 Å². The van der Waals surface area contributed by atoms with Crippen molar-refractivity contribution in [2.45, 2.75) is 58.5 Å². The van der Waals surface area contributed by atoms with E-state index in [2.05, 4.69) is 25.7 Å². The van der Waals surface area contributed by atoms with Gasteiger partial charge in [-0.2, -0.15) is 0 Å². The molecule has 2 saturated carbocycles. The first-order chi connectivity index (χ1) is 6.97. The van der Waals surface area contributed by atoms with E-state index in [1.165, 1.54) is 32.2 Å². The molecule has 0 aromatic carbocycles. The van der Waals surface area contributed by atoms with Crippen LogP contribution >= 0.6 is 0 Å². The maximum absolute atomic E-state index is 6.27. The maximum Gasteiger partial charge on any atom is 0.0217 e. The lowest BCUT2D eigenvalue weighted by molar-refractivity contribution is 0.186. The van der Waals surface area contributed by atoms with Crippen molar-refractivity contribution in [2.75, 3.05) is 13.1 Å². The first kappa shape index (κ1) is 11.4. The van der Waals surface area contributed by atoms with E-state index in [1.54, 1.807) is 0 Å². The smallest absolute Gasteiger partial charge is 0.0217 e. The molecule has 0 heterocycles. The summed E-state index contributed by atoms with van der Waals surface area (Å²) in [5, 5.41) is 0. The van der Waals surface area contributed by atoms with E-state index in [1.807, 2.05) is 0 Å². The second kappa shape index (κ2) is 4.06. The molecule has 0 bridgehead atoms. The van der Waals surface area contributed by atoms with Crippen LogP contribution in [0.25, 0.3) is 0 Å². The molecule has 0 amide bonds. The fourth-order valence-corrected chi connectivity index (χ4v) is 1.97. The summed E-state index contributed by atoms with van der Waals surface area (Å²) >= 11 is 0. The Morgan fingerprint density at radius 1 is 1.20 bits per heavy atom. The summed E-state index contributed by atoms with van der Waals surface area (Å²) in [4.78, 5) is 2.66. The molecule has 15 heavy (non-hydrogen) atoms. The Kier molecular flexibility index (Phi) is 3.09. The van der Waals surface area contributed by atoms with Gasteiger partial charge < -0.3 is 5.73 Å². The molecule has 2 rings (SSSR count). The van der Waals surface area contributed by atoms with Crippen molar-refractivity contribution in [2.24, 2.45) is 17.1 Å². The monoisotopic (exact) mass is 210 g/mol. The molecule has 2 fully saturated rings. The van der Waals surface area contributed by atoms with E-state index >= 15 is 0 Å². The topological polar surface area (TPSA) is 29.3 Å². The lowest BCUT2D eigenvalue weighted by Crippen LogP contribution is -2.46. The predicted octanol–water partition coefficient (Wildman–Crippen LogP) is 2.23. The van der Waals surface area contributed by atoms with Crippen molar-refractivity contribution < 1.29 is 0 Å². The van der Waals surface area contributed by atoms with Gasteiger partial charge in [0.05, 0.1) is 0 Å². The molecule has 0 aliphatic heterocycles. The van der Waals surface area contributed by atoms with Gasteiger partial charge >= 0.3 is 0 Å². The van der Waals surface area contributed by atoms with E-state index in [-0.39, 0.29) is 5.41 Å². The minimum absolute atomic E-state index is 0.247. The Balaban J connectivity index is 1.82. The van der Waals surface area contributed by atoms with Crippen LogP contribution in [-0.2, 0) is 0 Å². The third-order valence-corrected chi connectivity index (χ3v) is 3.80. The highest BCUT2D eigenvalue weighted by Gasteiger charge is 2.35. The normalized spacial score (nSPS) is 24.6. The van der Waals surface area contributed by atoms with Crippen molar-refractivity contribution >= 4 is 0 Å². The van der Waals surface area contributed by atoms with Gasteiger partial charge in [-0.05, 0) is 37.0 Å². The molecule has 0 radical (unpaired) electrons. The zero-order chi connectivity index (χ0) is 11.1. The summed E-state index contributed by atoms with van der Waals surface area (Å²) in [5.41, 5.74) is 6.52. The third kappa shape index (κ3) is 3.46. The van der Waals surface area contributed by atoms with E-state index in [0.29, 0.717) is 6.04 Å². The lowest BCUT2D eigenvalue weighted by Gasteiger charge is -2.33.